The predicted octanol–water partition coefficient (Wildman–Crippen LogP) is 4.09. The van der Waals surface area contributed by atoms with Gasteiger partial charge in [-0.2, -0.15) is 0 Å². The zero-order valence-corrected chi connectivity index (χ0v) is 13.7. The lowest BCUT2D eigenvalue weighted by atomic mass is 10.1. The highest BCUT2D eigenvalue weighted by molar-refractivity contribution is 5.35. The van der Waals surface area contributed by atoms with E-state index in [0.29, 0.717) is 26.4 Å². The zero-order valence-electron chi connectivity index (χ0n) is 13.7. The number of hydrogen-bond donors (Lipinski definition) is 1. The van der Waals surface area contributed by atoms with E-state index in [9.17, 15) is 4.39 Å². The molecule has 1 atom stereocenters. The normalized spacial score (nSPS) is 12.1. The molecule has 0 saturated heterocycles. The van der Waals surface area contributed by atoms with Crippen LogP contribution in [0.4, 0.5) is 4.39 Å². The van der Waals surface area contributed by atoms with Gasteiger partial charge in [-0.25, -0.2) is 4.39 Å². The third kappa shape index (κ3) is 5.66. The van der Waals surface area contributed by atoms with Gasteiger partial charge in [-0.15, -0.1) is 0 Å². The Balaban J connectivity index is 1.92. The molecule has 0 aliphatic heterocycles. The minimum atomic E-state index is -0.213. The van der Waals surface area contributed by atoms with Crippen LogP contribution in [0, 0.1) is 5.82 Å². The van der Waals surface area contributed by atoms with Crippen molar-refractivity contribution in [2.75, 3.05) is 19.8 Å². The summed E-state index contributed by atoms with van der Waals surface area (Å²) in [5.74, 6) is 0.654. The third-order valence-corrected chi connectivity index (χ3v) is 3.60. The number of nitrogens with one attached hydrogen (secondary N) is 1. The van der Waals surface area contributed by atoms with Crippen LogP contribution in [-0.2, 0) is 11.3 Å². The Labute approximate surface area is 137 Å². The van der Waals surface area contributed by atoms with Gasteiger partial charge >= 0.3 is 0 Å². The predicted molar refractivity (Wildman–Crippen MR) is 90.1 cm³/mol. The van der Waals surface area contributed by atoms with E-state index < -0.39 is 0 Å². The first kappa shape index (κ1) is 17.4. The summed E-state index contributed by atoms with van der Waals surface area (Å²) in [6.45, 7) is 6.55. The molecule has 0 aliphatic carbocycles. The Morgan fingerprint density at radius 2 is 1.78 bits per heavy atom. The quantitative estimate of drug-likeness (QED) is 0.707. The number of hydrogen-bond acceptors (Lipinski definition) is 3. The third-order valence-electron chi connectivity index (χ3n) is 3.60. The van der Waals surface area contributed by atoms with E-state index in [1.54, 1.807) is 12.1 Å². The Hall–Kier alpha value is -1.91. The highest BCUT2D eigenvalue weighted by Gasteiger charge is 2.11. The van der Waals surface area contributed by atoms with E-state index in [1.807, 2.05) is 25.1 Å². The van der Waals surface area contributed by atoms with Gasteiger partial charge in [0.1, 0.15) is 18.2 Å². The smallest absolute Gasteiger partial charge is 0.124 e. The van der Waals surface area contributed by atoms with E-state index in [4.69, 9.17) is 9.47 Å². The van der Waals surface area contributed by atoms with Crippen LogP contribution in [0.5, 0.6) is 5.75 Å². The van der Waals surface area contributed by atoms with E-state index in [0.717, 1.165) is 16.9 Å². The van der Waals surface area contributed by atoms with Crippen LogP contribution < -0.4 is 10.1 Å². The maximum absolute atomic E-state index is 12.9. The maximum Gasteiger partial charge on any atom is 0.124 e. The largest absolute Gasteiger partial charge is 0.491 e. The van der Waals surface area contributed by atoms with Crippen molar-refractivity contribution in [3.05, 3.63) is 65.5 Å². The molecule has 23 heavy (non-hydrogen) atoms. The fourth-order valence-corrected chi connectivity index (χ4v) is 2.31. The molecule has 0 aliphatic rings. The van der Waals surface area contributed by atoms with E-state index in [2.05, 4.69) is 18.3 Å². The SMILES string of the molecule is CCOCCOc1ccccc1C(C)NCc1ccc(F)cc1. The molecule has 1 unspecified atom stereocenters. The molecule has 124 valence electrons. The number of ether oxygens (including phenoxy) is 2. The zero-order chi connectivity index (χ0) is 16.5. The van der Waals surface area contributed by atoms with Gasteiger partial charge in [-0.1, -0.05) is 30.3 Å². The van der Waals surface area contributed by atoms with Crippen molar-refractivity contribution < 1.29 is 13.9 Å². The lowest BCUT2D eigenvalue weighted by Gasteiger charge is -2.18. The van der Waals surface area contributed by atoms with E-state index >= 15 is 0 Å². The van der Waals surface area contributed by atoms with Crippen LogP contribution in [0.2, 0.25) is 0 Å². The Kier molecular flexibility index (Phi) is 7.04. The minimum Gasteiger partial charge on any atom is -0.491 e. The number of rotatable bonds is 9. The van der Waals surface area contributed by atoms with E-state index in [1.165, 1.54) is 12.1 Å². The fourth-order valence-electron chi connectivity index (χ4n) is 2.31. The van der Waals surface area contributed by atoms with Gasteiger partial charge in [0.05, 0.1) is 6.61 Å². The molecule has 2 aromatic rings. The summed E-state index contributed by atoms with van der Waals surface area (Å²) < 4.78 is 24.0. The second kappa shape index (κ2) is 9.28. The molecule has 0 heterocycles. The molecule has 0 saturated carbocycles. The lowest BCUT2D eigenvalue weighted by molar-refractivity contribution is 0.109. The van der Waals surface area contributed by atoms with Crippen molar-refractivity contribution >= 4 is 0 Å². The molecule has 0 bridgehead atoms. The summed E-state index contributed by atoms with van der Waals surface area (Å²) in [7, 11) is 0. The molecule has 1 N–H and O–H groups in total. The average molecular weight is 317 g/mol. The molecule has 0 spiro atoms. The fraction of sp³-hybridized carbons (Fsp3) is 0.368. The highest BCUT2D eigenvalue weighted by Crippen LogP contribution is 2.25. The first-order chi connectivity index (χ1) is 11.2. The monoisotopic (exact) mass is 317 g/mol. The Bertz CT molecular complexity index is 586. The number of para-hydroxylation sites is 1. The number of halogens is 1. The second-order valence-corrected chi connectivity index (χ2v) is 5.31. The van der Waals surface area contributed by atoms with Crippen LogP contribution in [0.25, 0.3) is 0 Å². The molecular formula is C19H24FNO2. The molecule has 0 aromatic heterocycles. The summed E-state index contributed by atoms with van der Waals surface area (Å²) in [4.78, 5) is 0. The summed E-state index contributed by atoms with van der Waals surface area (Å²) in [6, 6.07) is 14.7. The molecular weight excluding hydrogens is 293 g/mol. The maximum atomic E-state index is 12.9. The van der Waals surface area contributed by atoms with Gasteiger partial charge in [0, 0.05) is 24.8 Å². The van der Waals surface area contributed by atoms with Crippen LogP contribution in [0.1, 0.15) is 31.0 Å². The van der Waals surface area contributed by atoms with E-state index in [-0.39, 0.29) is 11.9 Å². The molecule has 0 fully saturated rings. The minimum absolute atomic E-state index is 0.128. The molecule has 0 radical (unpaired) electrons. The summed E-state index contributed by atoms with van der Waals surface area (Å²) >= 11 is 0. The number of benzene rings is 2. The van der Waals surface area contributed by atoms with Crippen molar-refractivity contribution in [2.24, 2.45) is 0 Å². The second-order valence-electron chi connectivity index (χ2n) is 5.31. The highest BCUT2D eigenvalue weighted by atomic mass is 19.1. The Morgan fingerprint density at radius 3 is 2.52 bits per heavy atom. The van der Waals surface area contributed by atoms with Crippen LogP contribution >= 0.6 is 0 Å². The van der Waals surface area contributed by atoms with Gasteiger partial charge in [-0.05, 0) is 37.6 Å². The molecule has 3 nitrogen and oxygen atoms in total. The van der Waals surface area contributed by atoms with Crippen molar-refractivity contribution in [1.29, 1.82) is 0 Å². The van der Waals surface area contributed by atoms with Gasteiger partial charge in [0.15, 0.2) is 0 Å². The molecule has 2 rings (SSSR count). The topological polar surface area (TPSA) is 30.5 Å². The van der Waals surface area contributed by atoms with Gasteiger partial charge in [0.25, 0.3) is 0 Å². The summed E-state index contributed by atoms with van der Waals surface area (Å²) in [5, 5.41) is 3.44. The first-order valence-electron chi connectivity index (χ1n) is 7.98. The van der Waals surface area contributed by atoms with Gasteiger partial charge < -0.3 is 14.8 Å². The van der Waals surface area contributed by atoms with Crippen LogP contribution in [-0.4, -0.2) is 19.8 Å². The van der Waals surface area contributed by atoms with Gasteiger partial charge in [0.2, 0.25) is 0 Å². The summed E-state index contributed by atoms with van der Waals surface area (Å²) in [6.07, 6.45) is 0. The van der Waals surface area contributed by atoms with Crippen molar-refractivity contribution in [2.45, 2.75) is 26.4 Å². The van der Waals surface area contributed by atoms with Crippen molar-refractivity contribution in [3.8, 4) is 5.75 Å². The van der Waals surface area contributed by atoms with Crippen LogP contribution in [0.3, 0.4) is 0 Å². The molecule has 0 amide bonds. The lowest BCUT2D eigenvalue weighted by Crippen LogP contribution is -2.19. The van der Waals surface area contributed by atoms with Crippen molar-refractivity contribution in [3.63, 3.8) is 0 Å². The average Bonchev–Trinajstić information content (AvgIpc) is 2.58. The first-order valence-corrected chi connectivity index (χ1v) is 7.98. The molecule has 4 heteroatoms. The van der Waals surface area contributed by atoms with Crippen molar-refractivity contribution in [1.82, 2.24) is 5.32 Å². The van der Waals surface area contributed by atoms with Gasteiger partial charge in [-0.3, -0.25) is 0 Å². The molecule has 2 aromatic carbocycles. The summed E-state index contributed by atoms with van der Waals surface area (Å²) in [5.41, 5.74) is 2.15. The van der Waals surface area contributed by atoms with Crippen LogP contribution in [0.15, 0.2) is 48.5 Å². The standard InChI is InChI=1S/C19H24FNO2/c1-3-22-12-13-23-19-7-5-4-6-18(19)15(2)21-14-16-8-10-17(20)11-9-16/h4-11,15,21H,3,12-14H2,1-2H3. The Morgan fingerprint density at radius 1 is 1.04 bits per heavy atom.